The van der Waals surface area contributed by atoms with Gasteiger partial charge in [0.05, 0.1) is 11.6 Å². The summed E-state index contributed by atoms with van der Waals surface area (Å²) in [5.74, 6) is 0. The minimum atomic E-state index is -0.0508. The third kappa shape index (κ3) is 1.26. The van der Waals surface area contributed by atoms with E-state index in [-0.39, 0.29) is 6.01 Å². The highest BCUT2D eigenvalue weighted by atomic mass is 16.4. The molecule has 0 aliphatic carbocycles. The van der Waals surface area contributed by atoms with Gasteiger partial charge in [0.15, 0.2) is 5.58 Å². The summed E-state index contributed by atoms with van der Waals surface area (Å²) in [6.45, 7) is 0. The molecule has 66 valence electrons. The number of carbonyl (C=O) groups excluding carboxylic acids is 1. The van der Waals surface area contributed by atoms with Crippen molar-refractivity contribution >= 4 is 23.2 Å². The molecule has 0 unspecified atom stereocenters. The average molecular weight is 185 g/mol. The third-order valence-electron chi connectivity index (χ3n) is 1.65. The number of oxazole rings is 1. The molecule has 2 rings (SSSR count). The Kier molecular flexibility index (Phi) is 1.83. The fraction of sp³-hybridized carbons (Fsp3) is 0. The minimum Gasteiger partial charge on any atom is -0.421 e. The SMILES string of the molecule is N#Cc1ccc2nc(N=C=O)oc2c1. The Labute approximate surface area is 78.3 Å². The lowest BCUT2D eigenvalue weighted by Crippen LogP contribution is -1.72. The zero-order valence-electron chi connectivity index (χ0n) is 6.89. The smallest absolute Gasteiger partial charge is 0.333 e. The van der Waals surface area contributed by atoms with Crippen molar-refractivity contribution in [2.24, 2.45) is 4.99 Å². The second-order valence-electron chi connectivity index (χ2n) is 2.49. The molecule has 1 aromatic carbocycles. The van der Waals surface area contributed by atoms with E-state index < -0.39 is 0 Å². The Hall–Kier alpha value is -2.44. The van der Waals surface area contributed by atoms with Crippen LogP contribution in [0.2, 0.25) is 0 Å². The van der Waals surface area contributed by atoms with Gasteiger partial charge in [-0.1, -0.05) is 0 Å². The van der Waals surface area contributed by atoms with Crippen LogP contribution in [0.5, 0.6) is 0 Å². The molecule has 0 aliphatic heterocycles. The van der Waals surface area contributed by atoms with Gasteiger partial charge in [-0.15, -0.1) is 4.99 Å². The van der Waals surface area contributed by atoms with Crippen LogP contribution in [0, 0.1) is 11.3 Å². The van der Waals surface area contributed by atoms with Crippen LogP contribution in [0.25, 0.3) is 11.1 Å². The summed E-state index contributed by atoms with van der Waals surface area (Å²) in [7, 11) is 0. The second-order valence-corrected chi connectivity index (χ2v) is 2.49. The van der Waals surface area contributed by atoms with Crippen molar-refractivity contribution in [3.05, 3.63) is 23.8 Å². The molecule has 1 heterocycles. The first-order valence-electron chi connectivity index (χ1n) is 3.72. The molecule has 0 N–H and O–H groups in total. The number of aromatic nitrogens is 1. The lowest BCUT2D eigenvalue weighted by Gasteiger charge is -1.85. The largest absolute Gasteiger partial charge is 0.421 e. The van der Waals surface area contributed by atoms with Crippen molar-refractivity contribution in [3.63, 3.8) is 0 Å². The molecule has 0 amide bonds. The van der Waals surface area contributed by atoms with Crippen LogP contribution >= 0.6 is 0 Å². The van der Waals surface area contributed by atoms with Crippen molar-refractivity contribution in [1.82, 2.24) is 4.98 Å². The van der Waals surface area contributed by atoms with E-state index in [2.05, 4.69) is 9.98 Å². The van der Waals surface area contributed by atoms with Crippen molar-refractivity contribution in [2.75, 3.05) is 0 Å². The lowest BCUT2D eigenvalue weighted by molar-refractivity contribution is 0.560. The molecule has 5 nitrogen and oxygen atoms in total. The van der Waals surface area contributed by atoms with E-state index in [1.54, 1.807) is 12.1 Å². The molecular weight excluding hydrogens is 182 g/mol. The van der Waals surface area contributed by atoms with Gasteiger partial charge in [0, 0.05) is 6.07 Å². The highest BCUT2D eigenvalue weighted by Crippen LogP contribution is 2.21. The van der Waals surface area contributed by atoms with Gasteiger partial charge < -0.3 is 4.42 Å². The van der Waals surface area contributed by atoms with Crippen LogP contribution in [0.1, 0.15) is 5.56 Å². The van der Waals surface area contributed by atoms with Crippen molar-refractivity contribution < 1.29 is 9.21 Å². The lowest BCUT2D eigenvalue weighted by atomic mass is 10.2. The van der Waals surface area contributed by atoms with E-state index in [1.165, 1.54) is 12.1 Å². The third-order valence-corrected chi connectivity index (χ3v) is 1.65. The summed E-state index contributed by atoms with van der Waals surface area (Å²) in [6.07, 6.45) is 1.33. The van der Waals surface area contributed by atoms with Crippen molar-refractivity contribution in [1.29, 1.82) is 5.26 Å². The Balaban J connectivity index is 2.66. The average Bonchev–Trinajstić information content (AvgIpc) is 2.59. The number of hydrogen-bond donors (Lipinski definition) is 0. The number of nitriles is 1. The van der Waals surface area contributed by atoms with Gasteiger partial charge in [0.25, 0.3) is 0 Å². The monoisotopic (exact) mass is 185 g/mol. The molecule has 14 heavy (non-hydrogen) atoms. The molecule has 0 atom stereocenters. The molecule has 0 aliphatic rings. The number of nitrogens with zero attached hydrogens (tertiary/aromatic N) is 3. The van der Waals surface area contributed by atoms with Crippen molar-refractivity contribution in [2.45, 2.75) is 0 Å². The van der Waals surface area contributed by atoms with Gasteiger partial charge in [0.1, 0.15) is 5.52 Å². The van der Waals surface area contributed by atoms with Gasteiger partial charge in [0.2, 0.25) is 6.08 Å². The van der Waals surface area contributed by atoms with Crippen molar-refractivity contribution in [3.8, 4) is 6.07 Å². The van der Waals surface area contributed by atoms with E-state index in [1.807, 2.05) is 6.07 Å². The summed E-state index contributed by atoms with van der Waals surface area (Å²) < 4.78 is 5.06. The van der Waals surface area contributed by atoms with Gasteiger partial charge >= 0.3 is 6.01 Å². The number of aliphatic imine (C=N–C) groups is 1. The first-order valence-corrected chi connectivity index (χ1v) is 3.72. The maximum absolute atomic E-state index is 9.93. The molecule has 2 aromatic rings. The van der Waals surface area contributed by atoms with E-state index in [0.717, 1.165) is 0 Å². The number of fused-ring (bicyclic) bond motifs is 1. The van der Waals surface area contributed by atoms with Crippen LogP contribution in [-0.4, -0.2) is 11.1 Å². The number of isocyanates is 1. The first-order chi connectivity index (χ1) is 6.83. The topological polar surface area (TPSA) is 79.2 Å². The zero-order valence-corrected chi connectivity index (χ0v) is 6.89. The number of rotatable bonds is 1. The number of benzene rings is 1. The van der Waals surface area contributed by atoms with Crippen LogP contribution in [-0.2, 0) is 4.79 Å². The summed E-state index contributed by atoms with van der Waals surface area (Å²) in [5, 5.41) is 8.61. The summed E-state index contributed by atoms with van der Waals surface area (Å²) in [5.41, 5.74) is 1.45. The van der Waals surface area contributed by atoms with Gasteiger partial charge in [-0.3, -0.25) is 0 Å². The number of hydrogen-bond acceptors (Lipinski definition) is 5. The summed E-state index contributed by atoms with van der Waals surface area (Å²) >= 11 is 0. The highest BCUT2D eigenvalue weighted by Gasteiger charge is 2.04. The molecule has 0 radical (unpaired) electrons. The highest BCUT2D eigenvalue weighted by molar-refractivity contribution is 5.75. The Morgan fingerprint density at radius 2 is 2.36 bits per heavy atom. The summed E-state index contributed by atoms with van der Waals surface area (Å²) in [6, 6.07) is 6.68. The molecule has 5 heteroatoms. The Morgan fingerprint density at radius 3 is 3.07 bits per heavy atom. The van der Waals surface area contributed by atoms with Crippen LogP contribution in [0.4, 0.5) is 6.01 Å². The fourth-order valence-electron chi connectivity index (χ4n) is 1.07. The Morgan fingerprint density at radius 1 is 1.50 bits per heavy atom. The summed E-state index contributed by atoms with van der Waals surface area (Å²) in [4.78, 5) is 17.0. The molecule has 0 fully saturated rings. The van der Waals surface area contributed by atoms with Gasteiger partial charge in [-0.25, -0.2) is 4.79 Å². The molecule has 1 aromatic heterocycles. The molecule has 0 bridgehead atoms. The standard InChI is InChI=1S/C9H3N3O2/c10-4-6-1-2-7-8(3-6)14-9(12-7)11-5-13/h1-3H. The van der Waals surface area contributed by atoms with E-state index >= 15 is 0 Å². The van der Waals surface area contributed by atoms with E-state index in [4.69, 9.17) is 9.68 Å². The van der Waals surface area contributed by atoms with Gasteiger partial charge in [-0.05, 0) is 12.1 Å². The molecule has 0 spiro atoms. The Bertz CT molecular complexity index is 573. The normalized spacial score (nSPS) is 9.36. The quantitative estimate of drug-likeness (QED) is 0.500. The first kappa shape index (κ1) is 8.17. The van der Waals surface area contributed by atoms with Crippen LogP contribution in [0.15, 0.2) is 27.6 Å². The zero-order chi connectivity index (χ0) is 9.97. The predicted molar refractivity (Wildman–Crippen MR) is 46.5 cm³/mol. The molecule has 0 saturated heterocycles. The minimum absolute atomic E-state index is 0.0508. The maximum Gasteiger partial charge on any atom is 0.333 e. The fourth-order valence-corrected chi connectivity index (χ4v) is 1.07. The predicted octanol–water partition coefficient (Wildman–Crippen LogP) is 1.67. The second kappa shape index (κ2) is 3.13. The molecule has 0 saturated carbocycles. The van der Waals surface area contributed by atoms with E-state index in [0.29, 0.717) is 16.7 Å². The van der Waals surface area contributed by atoms with Crippen LogP contribution in [0.3, 0.4) is 0 Å². The van der Waals surface area contributed by atoms with E-state index in [9.17, 15) is 4.79 Å². The van der Waals surface area contributed by atoms with Gasteiger partial charge in [-0.2, -0.15) is 10.2 Å². The maximum atomic E-state index is 9.93. The van der Waals surface area contributed by atoms with Crippen LogP contribution < -0.4 is 0 Å². The molecular formula is C9H3N3O2.